The van der Waals surface area contributed by atoms with Crippen LogP contribution in [0, 0.1) is 0 Å². The smallest absolute Gasteiger partial charge is 0.339 e. The van der Waals surface area contributed by atoms with E-state index < -0.39 is 5.97 Å². The largest absolute Gasteiger partial charge is 0.493 e. The Balaban J connectivity index is 2.24. The Kier molecular flexibility index (Phi) is 5.83. The monoisotopic (exact) mass is 305 g/mol. The molecule has 1 unspecified atom stereocenters. The second-order valence-electron chi connectivity index (χ2n) is 5.95. The second kappa shape index (κ2) is 7.63. The van der Waals surface area contributed by atoms with Gasteiger partial charge >= 0.3 is 5.97 Å². The van der Waals surface area contributed by atoms with E-state index in [0.717, 1.165) is 38.8 Å². The highest BCUT2D eigenvalue weighted by atomic mass is 16.5. The SMILES string of the molecule is CCCN(CCC)C1Cc2cc(OCC)c(C(=O)O)cc2C1. The van der Waals surface area contributed by atoms with Crippen molar-refractivity contribution in [2.45, 2.75) is 52.5 Å². The van der Waals surface area contributed by atoms with Crippen molar-refractivity contribution in [1.29, 1.82) is 0 Å². The first-order valence-corrected chi connectivity index (χ1v) is 8.36. The van der Waals surface area contributed by atoms with Crippen molar-refractivity contribution in [3.8, 4) is 5.75 Å². The highest BCUT2D eigenvalue weighted by Crippen LogP contribution is 2.32. The number of carboxylic acids is 1. The van der Waals surface area contributed by atoms with Crippen LogP contribution < -0.4 is 4.74 Å². The van der Waals surface area contributed by atoms with E-state index in [-0.39, 0.29) is 0 Å². The van der Waals surface area contributed by atoms with Crippen LogP contribution in [0.5, 0.6) is 5.75 Å². The highest BCUT2D eigenvalue weighted by Gasteiger charge is 2.28. The van der Waals surface area contributed by atoms with Crippen molar-refractivity contribution >= 4 is 5.97 Å². The lowest BCUT2D eigenvalue weighted by molar-refractivity contribution is 0.0692. The number of carboxylic acid groups (broad SMARTS) is 1. The van der Waals surface area contributed by atoms with Crippen molar-refractivity contribution in [2.24, 2.45) is 0 Å². The predicted molar refractivity (Wildman–Crippen MR) is 87.9 cm³/mol. The lowest BCUT2D eigenvalue weighted by atomic mass is 10.1. The molecule has 0 radical (unpaired) electrons. The van der Waals surface area contributed by atoms with E-state index >= 15 is 0 Å². The van der Waals surface area contributed by atoms with Gasteiger partial charge in [-0.25, -0.2) is 4.79 Å². The molecule has 4 nitrogen and oxygen atoms in total. The van der Waals surface area contributed by atoms with Crippen LogP contribution in [0.4, 0.5) is 0 Å². The minimum Gasteiger partial charge on any atom is -0.493 e. The first-order chi connectivity index (χ1) is 10.6. The summed E-state index contributed by atoms with van der Waals surface area (Å²) >= 11 is 0. The summed E-state index contributed by atoms with van der Waals surface area (Å²) in [6.07, 6.45) is 4.24. The first-order valence-electron chi connectivity index (χ1n) is 8.36. The lowest BCUT2D eigenvalue weighted by Crippen LogP contribution is -2.37. The van der Waals surface area contributed by atoms with Gasteiger partial charge < -0.3 is 9.84 Å². The average Bonchev–Trinajstić information content (AvgIpc) is 2.89. The third kappa shape index (κ3) is 3.61. The number of hydrogen-bond acceptors (Lipinski definition) is 3. The maximum atomic E-state index is 11.4. The molecule has 1 aromatic carbocycles. The number of rotatable bonds is 8. The fraction of sp³-hybridized carbons (Fsp3) is 0.611. The normalized spacial score (nSPS) is 16.8. The summed E-state index contributed by atoms with van der Waals surface area (Å²) in [5.41, 5.74) is 2.71. The van der Waals surface area contributed by atoms with Gasteiger partial charge in [0.2, 0.25) is 0 Å². The summed E-state index contributed by atoms with van der Waals surface area (Å²) in [5, 5.41) is 9.38. The molecule has 122 valence electrons. The van der Waals surface area contributed by atoms with Crippen molar-refractivity contribution < 1.29 is 14.6 Å². The van der Waals surface area contributed by atoms with E-state index in [0.29, 0.717) is 24.0 Å². The number of nitrogens with zero attached hydrogens (tertiary/aromatic N) is 1. The summed E-state index contributed by atoms with van der Waals surface area (Å²) in [6.45, 7) is 9.00. The van der Waals surface area contributed by atoms with Gasteiger partial charge in [0, 0.05) is 6.04 Å². The molecule has 1 aromatic rings. The zero-order valence-corrected chi connectivity index (χ0v) is 13.9. The third-order valence-electron chi connectivity index (χ3n) is 4.28. The molecular weight excluding hydrogens is 278 g/mol. The Labute approximate surface area is 133 Å². The summed E-state index contributed by atoms with van der Waals surface area (Å²) in [5.74, 6) is -0.402. The van der Waals surface area contributed by atoms with Crippen LogP contribution in [-0.2, 0) is 12.8 Å². The van der Waals surface area contributed by atoms with Gasteiger partial charge in [-0.15, -0.1) is 0 Å². The van der Waals surface area contributed by atoms with E-state index in [9.17, 15) is 9.90 Å². The molecule has 2 rings (SSSR count). The fourth-order valence-electron chi connectivity index (χ4n) is 3.38. The molecule has 22 heavy (non-hydrogen) atoms. The molecule has 1 atom stereocenters. The van der Waals surface area contributed by atoms with Crippen molar-refractivity contribution in [2.75, 3.05) is 19.7 Å². The number of carbonyl (C=O) groups is 1. The summed E-state index contributed by atoms with van der Waals surface area (Å²) in [6, 6.07) is 4.25. The molecule has 0 fully saturated rings. The molecule has 0 aliphatic heterocycles. The number of hydrogen-bond donors (Lipinski definition) is 1. The molecule has 0 bridgehead atoms. The van der Waals surface area contributed by atoms with E-state index in [1.165, 1.54) is 11.1 Å². The Morgan fingerprint density at radius 3 is 2.27 bits per heavy atom. The van der Waals surface area contributed by atoms with Crippen LogP contribution in [0.15, 0.2) is 12.1 Å². The molecule has 0 amide bonds. The highest BCUT2D eigenvalue weighted by molar-refractivity contribution is 5.91. The molecule has 1 N–H and O–H groups in total. The van der Waals surface area contributed by atoms with Crippen LogP contribution in [-0.4, -0.2) is 41.7 Å². The molecule has 4 heteroatoms. The van der Waals surface area contributed by atoms with Gasteiger partial charge in [-0.3, -0.25) is 4.90 Å². The Hall–Kier alpha value is -1.55. The molecule has 0 saturated carbocycles. The number of benzene rings is 1. The molecule has 0 saturated heterocycles. The summed E-state index contributed by atoms with van der Waals surface area (Å²) in [7, 11) is 0. The average molecular weight is 305 g/mol. The quantitative estimate of drug-likeness (QED) is 0.800. The minimum atomic E-state index is -0.909. The lowest BCUT2D eigenvalue weighted by Gasteiger charge is -2.27. The predicted octanol–water partition coefficient (Wildman–Crippen LogP) is 3.37. The van der Waals surface area contributed by atoms with Crippen LogP contribution in [0.2, 0.25) is 0 Å². The third-order valence-corrected chi connectivity index (χ3v) is 4.28. The van der Waals surface area contributed by atoms with Gasteiger partial charge in [0.05, 0.1) is 6.61 Å². The number of fused-ring (bicyclic) bond motifs is 1. The Morgan fingerprint density at radius 1 is 1.18 bits per heavy atom. The maximum absolute atomic E-state index is 11.4. The van der Waals surface area contributed by atoms with Crippen LogP contribution in [0.25, 0.3) is 0 Å². The van der Waals surface area contributed by atoms with Gasteiger partial charge in [0.25, 0.3) is 0 Å². The molecule has 0 spiro atoms. The van der Waals surface area contributed by atoms with Gasteiger partial charge in [-0.2, -0.15) is 0 Å². The van der Waals surface area contributed by atoms with E-state index in [2.05, 4.69) is 18.7 Å². The molecule has 1 aliphatic rings. The van der Waals surface area contributed by atoms with Gasteiger partial charge in [-0.1, -0.05) is 13.8 Å². The van der Waals surface area contributed by atoms with Crippen molar-refractivity contribution in [1.82, 2.24) is 4.90 Å². The van der Waals surface area contributed by atoms with Gasteiger partial charge in [0.15, 0.2) is 0 Å². The van der Waals surface area contributed by atoms with Crippen LogP contribution in [0.3, 0.4) is 0 Å². The van der Waals surface area contributed by atoms with Gasteiger partial charge in [-0.05, 0) is 69.0 Å². The summed E-state index contributed by atoms with van der Waals surface area (Å²) < 4.78 is 5.52. The van der Waals surface area contributed by atoms with Gasteiger partial charge in [0.1, 0.15) is 11.3 Å². The minimum absolute atomic E-state index is 0.291. The Bertz CT molecular complexity index is 521. The van der Waals surface area contributed by atoms with Crippen LogP contribution in [0.1, 0.15) is 55.1 Å². The first kappa shape index (κ1) is 16.8. The van der Waals surface area contributed by atoms with E-state index in [4.69, 9.17) is 4.74 Å². The topological polar surface area (TPSA) is 49.8 Å². The molecule has 0 aromatic heterocycles. The maximum Gasteiger partial charge on any atom is 0.339 e. The molecule has 1 aliphatic carbocycles. The molecule has 0 heterocycles. The zero-order chi connectivity index (χ0) is 16.1. The van der Waals surface area contributed by atoms with Crippen LogP contribution >= 0.6 is 0 Å². The Morgan fingerprint density at radius 2 is 1.77 bits per heavy atom. The van der Waals surface area contributed by atoms with Crippen molar-refractivity contribution in [3.63, 3.8) is 0 Å². The summed E-state index contributed by atoms with van der Waals surface area (Å²) in [4.78, 5) is 14.0. The number of ether oxygens (including phenoxy) is 1. The van der Waals surface area contributed by atoms with E-state index in [1.807, 2.05) is 19.1 Å². The molecular formula is C18H27NO3. The van der Waals surface area contributed by atoms with Crippen molar-refractivity contribution in [3.05, 3.63) is 28.8 Å². The standard InChI is InChI=1S/C18H27NO3/c1-4-7-19(8-5-2)15-9-13-11-16(18(20)21)17(22-6-3)12-14(13)10-15/h11-12,15H,4-10H2,1-3H3,(H,20,21). The zero-order valence-electron chi connectivity index (χ0n) is 13.9. The fourth-order valence-corrected chi connectivity index (χ4v) is 3.38. The van der Waals surface area contributed by atoms with E-state index in [1.54, 1.807) is 0 Å². The number of aromatic carboxylic acids is 1. The second-order valence-corrected chi connectivity index (χ2v) is 5.95.